The molecule has 0 aromatic carbocycles. The van der Waals surface area contributed by atoms with Crippen LogP contribution in [0.4, 0.5) is 0 Å². The Bertz CT molecular complexity index is 409. The van der Waals surface area contributed by atoms with Gasteiger partial charge in [-0.2, -0.15) is 0 Å². The third-order valence-electron chi connectivity index (χ3n) is 3.31. The highest BCUT2D eigenvalue weighted by Gasteiger charge is 2.32. The largest absolute Gasteiger partial charge is 0.480 e. The Balaban J connectivity index is 4.99. The van der Waals surface area contributed by atoms with Crippen molar-refractivity contribution < 1.29 is 24.6 Å². The lowest BCUT2D eigenvalue weighted by Crippen LogP contribution is -2.59. The Morgan fingerprint density at radius 3 is 1.64 bits per heavy atom. The van der Waals surface area contributed by atoms with Crippen molar-refractivity contribution in [2.75, 3.05) is 0 Å². The lowest BCUT2D eigenvalue weighted by Gasteiger charge is -2.26. The van der Waals surface area contributed by atoms with Gasteiger partial charge in [-0.05, 0) is 18.8 Å². The second-order valence-corrected chi connectivity index (χ2v) is 6.07. The van der Waals surface area contributed by atoms with Gasteiger partial charge < -0.3 is 26.6 Å². The molecule has 2 amide bonds. The molecule has 0 radical (unpaired) electrons. The summed E-state index contributed by atoms with van der Waals surface area (Å²) in [4.78, 5) is 35.2. The monoisotopic (exact) mass is 317 g/mol. The first-order valence-corrected chi connectivity index (χ1v) is 7.26. The van der Waals surface area contributed by atoms with E-state index in [4.69, 9.17) is 10.8 Å². The maximum absolute atomic E-state index is 12.1. The fraction of sp³-hybridized carbons (Fsp3) is 0.786. The molecule has 0 aromatic heterocycles. The molecule has 0 aliphatic rings. The Labute approximate surface area is 130 Å². The van der Waals surface area contributed by atoms with Crippen molar-refractivity contribution in [3.63, 3.8) is 0 Å². The Kier molecular flexibility index (Phi) is 8.04. The zero-order valence-corrected chi connectivity index (χ0v) is 13.7. The van der Waals surface area contributed by atoms with Crippen LogP contribution < -0.4 is 16.4 Å². The predicted octanol–water partition coefficient (Wildman–Crippen LogP) is -0.939. The quantitative estimate of drug-likeness (QED) is 0.391. The summed E-state index contributed by atoms with van der Waals surface area (Å²) in [6.45, 7) is 8.12. The van der Waals surface area contributed by atoms with Gasteiger partial charge in [0.15, 0.2) is 0 Å². The topological polar surface area (TPSA) is 142 Å². The van der Waals surface area contributed by atoms with Crippen molar-refractivity contribution in [1.29, 1.82) is 0 Å². The number of aliphatic hydroxyl groups is 1. The number of aliphatic carboxylic acids is 1. The van der Waals surface area contributed by atoms with Gasteiger partial charge in [-0.1, -0.05) is 27.7 Å². The highest BCUT2D eigenvalue weighted by Crippen LogP contribution is 2.05. The van der Waals surface area contributed by atoms with E-state index >= 15 is 0 Å². The van der Waals surface area contributed by atoms with Gasteiger partial charge in [0.2, 0.25) is 11.8 Å². The normalized spacial score (nSPS) is 16.8. The molecule has 6 N–H and O–H groups in total. The molecule has 0 saturated heterocycles. The van der Waals surface area contributed by atoms with E-state index in [9.17, 15) is 19.5 Å². The molecule has 0 heterocycles. The van der Waals surface area contributed by atoms with Gasteiger partial charge in [0.05, 0.1) is 12.1 Å². The van der Waals surface area contributed by atoms with E-state index in [1.807, 2.05) is 0 Å². The van der Waals surface area contributed by atoms with Crippen molar-refractivity contribution in [1.82, 2.24) is 10.6 Å². The van der Waals surface area contributed by atoms with Crippen LogP contribution in [-0.2, 0) is 14.4 Å². The zero-order chi connectivity index (χ0) is 17.6. The van der Waals surface area contributed by atoms with Gasteiger partial charge >= 0.3 is 5.97 Å². The SMILES string of the molecule is CC(C)[C@H](N)C(=O)N[C@H](C(=O)N[C@H](C(=O)O)C(C)C)[C@@H](C)O. The first-order valence-electron chi connectivity index (χ1n) is 7.26. The van der Waals surface area contributed by atoms with Gasteiger partial charge in [-0.25, -0.2) is 4.79 Å². The van der Waals surface area contributed by atoms with Crippen LogP contribution in [-0.4, -0.2) is 52.2 Å². The first-order chi connectivity index (χ1) is 9.98. The summed E-state index contributed by atoms with van der Waals surface area (Å²) in [6.07, 6.45) is -1.19. The molecule has 4 atom stereocenters. The molecular weight excluding hydrogens is 290 g/mol. The lowest BCUT2D eigenvalue weighted by molar-refractivity contribution is -0.144. The highest BCUT2D eigenvalue weighted by atomic mass is 16.4. The summed E-state index contributed by atoms with van der Waals surface area (Å²) in [5, 5.41) is 23.4. The number of carboxylic acid groups (broad SMARTS) is 1. The third kappa shape index (κ3) is 5.98. The number of carbonyl (C=O) groups is 3. The van der Waals surface area contributed by atoms with Crippen LogP contribution in [0.3, 0.4) is 0 Å². The van der Waals surface area contributed by atoms with Crippen molar-refractivity contribution in [3.8, 4) is 0 Å². The van der Waals surface area contributed by atoms with Crippen molar-refractivity contribution in [2.24, 2.45) is 17.6 Å². The number of aliphatic hydroxyl groups excluding tert-OH is 1. The van der Waals surface area contributed by atoms with E-state index < -0.39 is 42.0 Å². The summed E-state index contributed by atoms with van der Waals surface area (Å²) in [5.74, 6) is -3.00. The fourth-order valence-corrected chi connectivity index (χ4v) is 1.71. The van der Waals surface area contributed by atoms with Crippen molar-refractivity contribution >= 4 is 17.8 Å². The molecule has 0 aromatic rings. The lowest BCUT2D eigenvalue weighted by atomic mass is 10.0. The smallest absolute Gasteiger partial charge is 0.326 e. The average Bonchev–Trinajstić information content (AvgIpc) is 2.39. The third-order valence-corrected chi connectivity index (χ3v) is 3.31. The minimum Gasteiger partial charge on any atom is -0.480 e. The molecule has 0 rings (SSSR count). The minimum absolute atomic E-state index is 0.139. The molecule has 0 fully saturated rings. The van der Waals surface area contributed by atoms with Gasteiger partial charge in [-0.15, -0.1) is 0 Å². The van der Waals surface area contributed by atoms with Crippen LogP contribution in [0.5, 0.6) is 0 Å². The summed E-state index contributed by atoms with van der Waals surface area (Å²) in [7, 11) is 0. The molecule has 22 heavy (non-hydrogen) atoms. The maximum atomic E-state index is 12.1. The molecular formula is C14H27N3O5. The Morgan fingerprint density at radius 1 is 0.864 bits per heavy atom. The molecule has 0 saturated carbocycles. The molecule has 0 bridgehead atoms. The van der Waals surface area contributed by atoms with Gasteiger partial charge in [0.25, 0.3) is 0 Å². The predicted molar refractivity (Wildman–Crippen MR) is 80.8 cm³/mol. The number of nitrogens with one attached hydrogen (secondary N) is 2. The Hall–Kier alpha value is -1.67. The highest BCUT2D eigenvalue weighted by molar-refractivity contribution is 5.92. The number of amides is 2. The number of nitrogens with two attached hydrogens (primary N) is 1. The Morgan fingerprint density at radius 2 is 1.32 bits per heavy atom. The minimum atomic E-state index is -1.27. The van der Waals surface area contributed by atoms with E-state index in [-0.39, 0.29) is 11.8 Å². The maximum Gasteiger partial charge on any atom is 0.326 e. The standard InChI is InChI=1S/C14H27N3O5/c1-6(2)9(15)12(19)17-11(8(5)18)13(20)16-10(7(3)4)14(21)22/h6-11,18H,15H2,1-5H3,(H,16,20)(H,17,19)(H,21,22)/t8-,9+,10+,11+/m1/s1. The zero-order valence-electron chi connectivity index (χ0n) is 13.7. The summed E-state index contributed by atoms with van der Waals surface area (Å²) < 4.78 is 0. The molecule has 0 unspecified atom stereocenters. The van der Waals surface area contributed by atoms with Crippen LogP contribution in [0, 0.1) is 11.8 Å². The van der Waals surface area contributed by atoms with Crippen LogP contribution in [0.15, 0.2) is 0 Å². The molecule has 0 spiro atoms. The van der Waals surface area contributed by atoms with Gasteiger partial charge in [-0.3, -0.25) is 9.59 Å². The van der Waals surface area contributed by atoms with Crippen LogP contribution in [0.1, 0.15) is 34.6 Å². The van der Waals surface area contributed by atoms with Crippen LogP contribution in [0.25, 0.3) is 0 Å². The summed E-state index contributed by atoms with van der Waals surface area (Å²) in [6, 6.07) is -3.20. The number of hydrogen-bond acceptors (Lipinski definition) is 5. The molecule has 8 heteroatoms. The van der Waals surface area contributed by atoms with E-state index in [0.29, 0.717) is 0 Å². The van der Waals surface area contributed by atoms with Crippen LogP contribution >= 0.6 is 0 Å². The van der Waals surface area contributed by atoms with Gasteiger partial charge in [0.1, 0.15) is 12.1 Å². The van der Waals surface area contributed by atoms with E-state index in [1.54, 1.807) is 27.7 Å². The summed E-state index contributed by atoms with van der Waals surface area (Å²) in [5.41, 5.74) is 5.69. The second kappa shape index (κ2) is 8.70. The molecule has 8 nitrogen and oxygen atoms in total. The van der Waals surface area contributed by atoms with E-state index in [0.717, 1.165) is 0 Å². The van der Waals surface area contributed by atoms with Gasteiger partial charge in [0, 0.05) is 0 Å². The number of carboxylic acids is 1. The fourth-order valence-electron chi connectivity index (χ4n) is 1.71. The van der Waals surface area contributed by atoms with Crippen molar-refractivity contribution in [2.45, 2.75) is 58.8 Å². The van der Waals surface area contributed by atoms with Crippen LogP contribution in [0.2, 0.25) is 0 Å². The number of hydrogen-bond donors (Lipinski definition) is 5. The molecule has 128 valence electrons. The molecule has 0 aliphatic heterocycles. The number of rotatable bonds is 8. The first kappa shape index (κ1) is 20.3. The number of carbonyl (C=O) groups excluding carboxylic acids is 2. The van der Waals surface area contributed by atoms with Crippen molar-refractivity contribution in [3.05, 3.63) is 0 Å². The molecule has 0 aliphatic carbocycles. The van der Waals surface area contributed by atoms with E-state index in [1.165, 1.54) is 6.92 Å². The summed E-state index contributed by atoms with van der Waals surface area (Å²) >= 11 is 0. The second-order valence-electron chi connectivity index (χ2n) is 6.07. The van der Waals surface area contributed by atoms with E-state index in [2.05, 4.69) is 10.6 Å². The average molecular weight is 317 g/mol.